The van der Waals surface area contributed by atoms with Crippen LogP contribution in [0.5, 0.6) is 0 Å². The number of alkyl halides is 3. The van der Waals surface area contributed by atoms with Gasteiger partial charge >= 0.3 is 12.1 Å². The molecule has 0 bridgehead atoms. The second kappa shape index (κ2) is 10.6. The highest BCUT2D eigenvalue weighted by Gasteiger charge is 2.60. The minimum absolute atomic E-state index is 0.0366. The molecule has 9 nitrogen and oxygen atoms in total. The number of carbonyl (C=O) groups excluding carboxylic acids is 4. The molecule has 2 heterocycles. The molecule has 3 N–H and O–H groups in total. The van der Waals surface area contributed by atoms with E-state index in [0.717, 1.165) is 6.42 Å². The minimum atomic E-state index is -5.17. The van der Waals surface area contributed by atoms with E-state index in [2.05, 4.69) is 10.6 Å². The fourth-order valence-electron chi connectivity index (χ4n) is 6.34. The number of nitrogens with zero attached hydrogens (tertiary/aromatic N) is 2. The van der Waals surface area contributed by atoms with Gasteiger partial charge in [-0.1, -0.05) is 34.6 Å². The van der Waals surface area contributed by atoms with Crippen molar-refractivity contribution >= 4 is 23.6 Å². The first-order chi connectivity index (χ1) is 17.8. The van der Waals surface area contributed by atoms with Crippen molar-refractivity contribution in [2.75, 3.05) is 6.54 Å². The summed E-state index contributed by atoms with van der Waals surface area (Å²) >= 11 is 0. The summed E-state index contributed by atoms with van der Waals surface area (Å²) in [5.41, 5.74) is -1.42. The van der Waals surface area contributed by atoms with Crippen LogP contribution < -0.4 is 16.0 Å². The predicted octanol–water partition coefficient (Wildman–Crippen LogP) is 2.51. The largest absolute Gasteiger partial charge is 0.471 e. The molecule has 3 aliphatic rings. The van der Waals surface area contributed by atoms with Crippen LogP contribution in [0.2, 0.25) is 0 Å². The SMILES string of the molecule is CC1C(C)[C@H]2CN(C(=O)C(NC(=O)C(F)(F)F)C(C)(C)C)[C@H](C(=O)NC(C#N)CC3CCC(C)(C)NC3=O)[C@@H]12. The Balaban J connectivity index is 1.82. The molecule has 0 aromatic heterocycles. The first-order valence-corrected chi connectivity index (χ1v) is 13.5. The van der Waals surface area contributed by atoms with Crippen molar-refractivity contribution in [3.05, 3.63) is 0 Å². The fourth-order valence-corrected chi connectivity index (χ4v) is 6.34. The number of rotatable bonds is 6. The van der Waals surface area contributed by atoms with E-state index in [1.54, 1.807) is 20.8 Å². The van der Waals surface area contributed by atoms with Gasteiger partial charge < -0.3 is 20.9 Å². The molecule has 1 aliphatic carbocycles. The summed E-state index contributed by atoms with van der Waals surface area (Å²) in [5.74, 6) is -4.24. The Hall–Kier alpha value is -2.84. The van der Waals surface area contributed by atoms with Crippen LogP contribution in [0.3, 0.4) is 0 Å². The van der Waals surface area contributed by atoms with Gasteiger partial charge in [-0.25, -0.2) is 0 Å². The Morgan fingerprint density at radius 1 is 1.15 bits per heavy atom. The lowest BCUT2D eigenvalue weighted by Crippen LogP contribution is -2.61. The normalized spacial score (nSPS) is 31.6. The highest BCUT2D eigenvalue weighted by atomic mass is 19.4. The quantitative estimate of drug-likeness (QED) is 0.464. The fraction of sp³-hybridized carbons (Fsp3) is 0.815. The molecule has 0 aromatic rings. The van der Waals surface area contributed by atoms with Gasteiger partial charge in [-0.2, -0.15) is 18.4 Å². The highest BCUT2D eigenvalue weighted by Crippen LogP contribution is 2.53. The maximum Gasteiger partial charge on any atom is 0.471 e. The van der Waals surface area contributed by atoms with Crippen LogP contribution in [0.1, 0.15) is 67.7 Å². The van der Waals surface area contributed by atoms with Crippen molar-refractivity contribution < 1.29 is 32.3 Å². The monoisotopic (exact) mass is 555 g/mol. The molecule has 2 aliphatic heterocycles. The van der Waals surface area contributed by atoms with Crippen molar-refractivity contribution in [1.29, 1.82) is 5.26 Å². The van der Waals surface area contributed by atoms with Gasteiger partial charge in [-0.05, 0) is 62.2 Å². The molecule has 12 heteroatoms. The standard InChI is InChI=1S/C27H40F3N5O4/c1-13-14(2)18-17(13)12-35(23(38)20(25(3,4)5)33-24(39)27(28,29)30)19(18)22(37)32-16(11-31)10-15-8-9-26(6,7)34-21(15)36/h13-20H,8-10,12H2,1-7H3,(H,32,37)(H,33,39)(H,34,36)/t13?,14?,15?,16?,17-,18+,19+,20?/m1/s1. The average molecular weight is 556 g/mol. The summed E-state index contributed by atoms with van der Waals surface area (Å²) in [6.45, 7) is 12.6. The molecule has 3 fully saturated rings. The number of nitrogens with one attached hydrogen (secondary N) is 3. The van der Waals surface area contributed by atoms with Gasteiger partial charge in [0, 0.05) is 18.0 Å². The molecule has 2 saturated heterocycles. The number of hydrogen-bond acceptors (Lipinski definition) is 5. The van der Waals surface area contributed by atoms with E-state index in [1.165, 1.54) is 4.90 Å². The van der Waals surface area contributed by atoms with Crippen molar-refractivity contribution in [3.8, 4) is 6.07 Å². The maximum absolute atomic E-state index is 13.7. The predicted molar refractivity (Wildman–Crippen MR) is 135 cm³/mol. The molecule has 39 heavy (non-hydrogen) atoms. The van der Waals surface area contributed by atoms with Crippen molar-refractivity contribution in [1.82, 2.24) is 20.9 Å². The number of hydrogen-bond donors (Lipinski definition) is 3. The van der Waals surface area contributed by atoms with E-state index < -0.39 is 53.4 Å². The number of fused-ring (bicyclic) bond motifs is 1. The van der Waals surface area contributed by atoms with Crippen molar-refractivity contribution in [3.63, 3.8) is 0 Å². The maximum atomic E-state index is 13.7. The molecule has 0 spiro atoms. The Morgan fingerprint density at radius 3 is 2.28 bits per heavy atom. The van der Waals surface area contributed by atoms with Crippen LogP contribution in [0, 0.1) is 46.3 Å². The second-order valence-corrected chi connectivity index (χ2v) is 13.2. The summed E-state index contributed by atoms with van der Waals surface area (Å²) in [5, 5.41) is 17.2. The Kier molecular flexibility index (Phi) is 8.36. The van der Waals surface area contributed by atoms with E-state index in [1.807, 2.05) is 39.1 Å². The second-order valence-electron chi connectivity index (χ2n) is 13.2. The number of carbonyl (C=O) groups is 4. The number of amides is 4. The molecule has 5 unspecified atom stereocenters. The van der Waals surface area contributed by atoms with Gasteiger partial charge in [-0.15, -0.1) is 0 Å². The number of nitriles is 1. The Morgan fingerprint density at radius 2 is 1.77 bits per heavy atom. The van der Waals surface area contributed by atoms with Crippen LogP contribution in [0.4, 0.5) is 13.2 Å². The van der Waals surface area contributed by atoms with E-state index in [-0.39, 0.29) is 48.1 Å². The molecular weight excluding hydrogens is 515 g/mol. The lowest BCUT2D eigenvalue weighted by atomic mass is 9.58. The smallest absolute Gasteiger partial charge is 0.351 e. The lowest BCUT2D eigenvalue weighted by Gasteiger charge is -2.46. The van der Waals surface area contributed by atoms with E-state index in [9.17, 15) is 37.6 Å². The lowest BCUT2D eigenvalue weighted by molar-refractivity contribution is -0.176. The Labute approximate surface area is 227 Å². The average Bonchev–Trinajstić information content (AvgIpc) is 3.18. The third-order valence-electron chi connectivity index (χ3n) is 8.85. The van der Waals surface area contributed by atoms with Gasteiger partial charge in [0.05, 0.1) is 6.07 Å². The Bertz CT molecular complexity index is 1050. The van der Waals surface area contributed by atoms with Crippen LogP contribution in [0.15, 0.2) is 0 Å². The number of halogens is 3. The minimum Gasteiger partial charge on any atom is -0.351 e. The van der Waals surface area contributed by atoms with E-state index in [4.69, 9.17) is 0 Å². The van der Waals surface area contributed by atoms with Gasteiger partial charge in [0.15, 0.2) is 0 Å². The summed E-state index contributed by atoms with van der Waals surface area (Å²) in [6.07, 6.45) is -3.78. The topological polar surface area (TPSA) is 131 Å². The molecule has 8 atom stereocenters. The zero-order chi connectivity index (χ0) is 29.7. The van der Waals surface area contributed by atoms with Gasteiger partial charge in [-0.3, -0.25) is 19.2 Å². The van der Waals surface area contributed by atoms with Crippen LogP contribution in [-0.4, -0.2) is 64.9 Å². The zero-order valence-corrected chi connectivity index (χ0v) is 23.6. The third-order valence-corrected chi connectivity index (χ3v) is 8.85. The number of piperidine rings is 1. The molecule has 4 amide bonds. The molecule has 1 saturated carbocycles. The van der Waals surface area contributed by atoms with Gasteiger partial charge in [0.1, 0.15) is 18.1 Å². The van der Waals surface area contributed by atoms with E-state index >= 15 is 0 Å². The van der Waals surface area contributed by atoms with Gasteiger partial charge in [0.2, 0.25) is 17.7 Å². The number of likely N-dealkylation sites (tertiary alicyclic amines) is 1. The van der Waals surface area contributed by atoms with Crippen LogP contribution in [-0.2, 0) is 19.2 Å². The summed E-state index contributed by atoms with van der Waals surface area (Å²) in [6, 6.07) is -1.46. The summed E-state index contributed by atoms with van der Waals surface area (Å²) in [4.78, 5) is 53.0. The van der Waals surface area contributed by atoms with Crippen LogP contribution in [0.25, 0.3) is 0 Å². The summed E-state index contributed by atoms with van der Waals surface area (Å²) in [7, 11) is 0. The van der Waals surface area contributed by atoms with Crippen molar-refractivity contribution in [2.24, 2.45) is 35.0 Å². The summed E-state index contributed by atoms with van der Waals surface area (Å²) < 4.78 is 39.2. The molecule has 3 rings (SSSR count). The van der Waals surface area contributed by atoms with E-state index in [0.29, 0.717) is 6.42 Å². The molecular formula is C27H40F3N5O4. The molecule has 218 valence electrons. The molecule has 0 radical (unpaired) electrons. The molecule has 0 aromatic carbocycles. The van der Waals surface area contributed by atoms with Crippen molar-refractivity contribution in [2.45, 2.75) is 97.6 Å². The highest BCUT2D eigenvalue weighted by molar-refractivity contribution is 5.94. The van der Waals surface area contributed by atoms with Crippen LogP contribution >= 0.6 is 0 Å². The zero-order valence-electron chi connectivity index (χ0n) is 23.6. The third kappa shape index (κ3) is 6.33. The first-order valence-electron chi connectivity index (χ1n) is 13.5. The first kappa shape index (κ1) is 30.7. The van der Waals surface area contributed by atoms with Gasteiger partial charge in [0.25, 0.3) is 0 Å².